The van der Waals surface area contributed by atoms with E-state index in [4.69, 9.17) is 4.74 Å². The lowest BCUT2D eigenvalue weighted by atomic mass is 10.1. The molecule has 0 aromatic heterocycles. The standard InChI is InChI=1S/C17H22N2O3S/c1-14(13-19-9-11-22-12-10-19)18-23(20,21)17-8-4-6-15-5-2-3-7-16(15)17/h2-8,14,18H,9-13H2,1H3. The summed E-state index contributed by atoms with van der Waals surface area (Å²) in [7, 11) is -3.54. The number of hydrogen-bond acceptors (Lipinski definition) is 4. The van der Waals surface area contributed by atoms with Crippen molar-refractivity contribution in [3.8, 4) is 0 Å². The second kappa shape index (κ2) is 6.97. The highest BCUT2D eigenvalue weighted by Crippen LogP contribution is 2.22. The molecule has 1 aliphatic rings. The van der Waals surface area contributed by atoms with Crippen molar-refractivity contribution >= 4 is 20.8 Å². The van der Waals surface area contributed by atoms with Crippen molar-refractivity contribution in [3.63, 3.8) is 0 Å². The van der Waals surface area contributed by atoms with Crippen LogP contribution in [0, 0.1) is 0 Å². The highest BCUT2D eigenvalue weighted by Gasteiger charge is 2.21. The molecule has 0 spiro atoms. The zero-order chi connectivity index (χ0) is 16.3. The van der Waals surface area contributed by atoms with Crippen molar-refractivity contribution in [2.24, 2.45) is 0 Å². The second-order valence-electron chi connectivity index (χ2n) is 5.91. The van der Waals surface area contributed by atoms with Gasteiger partial charge in [-0.1, -0.05) is 36.4 Å². The molecule has 0 aliphatic carbocycles. The Labute approximate surface area is 137 Å². The topological polar surface area (TPSA) is 58.6 Å². The first-order valence-electron chi connectivity index (χ1n) is 7.86. The first kappa shape index (κ1) is 16.4. The molecule has 1 atom stereocenters. The number of morpholine rings is 1. The lowest BCUT2D eigenvalue weighted by Gasteiger charge is -2.29. The number of hydrogen-bond donors (Lipinski definition) is 1. The van der Waals surface area contributed by atoms with Gasteiger partial charge >= 0.3 is 0 Å². The van der Waals surface area contributed by atoms with Crippen LogP contribution in [0.5, 0.6) is 0 Å². The van der Waals surface area contributed by atoms with Crippen molar-refractivity contribution in [2.45, 2.75) is 17.9 Å². The van der Waals surface area contributed by atoms with Crippen molar-refractivity contribution in [2.75, 3.05) is 32.8 Å². The third kappa shape index (κ3) is 3.90. The van der Waals surface area contributed by atoms with E-state index in [1.165, 1.54) is 0 Å². The quantitative estimate of drug-likeness (QED) is 0.906. The third-order valence-electron chi connectivity index (χ3n) is 4.03. The summed E-state index contributed by atoms with van der Waals surface area (Å²) in [5.41, 5.74) is 0. The van der Waals surface area contributed by atoms with Crippen LogP contribution >= 0.6 is 0 Å². The molecule has 1 heterocycles. The Morgan fingerprint density at radius 1 is 1.13 bits per heavy atom. The third-order valence-corrected chi connectivity index (χ3v) is 5.68. The van der Waals surface area contributed by atoms with Gasteiger partial charge in [-0.15, -0.1) is 0 Å². The molecule has 23 heavy (non-hydrogen) atoms. The van der Waals surface area contributed by atoms with Crippen LogP contribution in [0.25, 0.3) is 10.8 Å². The number of benzene rings is 2. The van der Waals surface area contributed by atoms with Gasteiger partial charge in [0.15, 0.2) is 0 Å². The zero-order valence-corrected chi connectivity index (χ0v) is 14.1. The van der Waals surface area contributed by atoms with Gasteiger partial charge in [-0.05, 0) is 18.4 Å². The molecule has 1 fully saturated rings. The minimum atomic E-state index is -3.54. The number of nitrogens with one attached hydrogen (secondary N) is 1. The smallest absolute Gasteiger partial charge is 0.241 e. The van der Waals surface area contributed by atoms with Crippen molar-refractivity contribution in [1.29, 1.82) is 0 Å². The predicted molar refractivity (Wildman–Crippen MR) is 91.0 cm³/mol. The molecule has 5 nitrogen and oxygen atoms in total. The van der Waals surface area contributed by atoms with Crippen LogP contribution < -0.4 is 4.72 Å². The number of sulfonamides is 1. The average Bonchev–Trinajstić information content (AvgIpc) is 2.54. The van der Waals surface area contributed by atoms with Crippen molar-refractivity contribution < 1.29 is 13.2 Å². The van der Waals surface area contributed by atoms with Gasteiger partial charge in [0.1, 0.15) is 0 Å². The molecule has 124 valence electrons. The fourth-order valence-corrected chi connectivity index (χ4v) is 4.43. The van der Waals surface area contributed by atoms with Gasteiger partial charge in [0.25, 0.3) is 0 Å². The molecule has 6 heteroatoms. The first-order valence-corrected chi connectivity index (χ1v) is 9.35. The summed E-state index contributed by atoms with van der Waals surface area (Å²) in [4.78, 5) is 2.56. The predicted octanol–water partition coefficient (Wildman–Crippen LogP) is 1.84. The maximum absolute atomic E-state index is 12.7. The number of ether oxygens (including phenoxy) is 1. The Balaban J connectivity index is 1.77. The molecule has 1 N–H and O–H groups in total. The Hall–Kier alpha value is -1.47. The minimum Gasteiger partial charge on any atom is -0.379 e. The highest BCUT2D eigenvalue weighted by molar-refractivity contribution is 7.89. The van der Waals surface area contributed by atoms with Gasteiger partial charge in [-0.3, -0.25) is 4.90 Å². The van der Waals surface area contributed by atoms with Crippen LogP contribution in [0.3, 0.4) is 0 Å². The molecule has 3 rings (SSSR count). The summed E-state index contributed by atoms with van der Waals surface area (Å²) in [6.07, 6.45) is 0. The lowest BCUT2D eigenvalue weighted by Crippen LogP contribution is -2.45. The second-order valence-corrected chi connectivity index (χ2v) is 7.60. The van der Waals surface area contributed by atoms with E-state index < -0.39 is 10.0 Å². The Morgan fingerprint density at radius 3 is 2.61 bits per heavy atom. The highest BCUT2D eigenvalue weighted by atomic mass is 32.2. The molecular formula is C17H22N2O3S. The van der Waals surface area contributed by atoms with E-state index in [0.717, 1.165) is 23.9 Å². The van der Waals surface area contributed by atoms with Crippen molar-refractivity contribution in [3.05, 3.63) is 42.5 Å². The monoisotopic (exact) mass is 334 g/mol. The Morgan fingerprint density at radius 2 is 1.83 bits per heavy atom. The van der Waals surface area contributed by atoms with Crippen LogP contribution in [-0.2, 0) is 14.8 Å². The lowest BCUT2D eigenvalue weighted by molar-refractivity contribution is 0.0354. The van der Waals surface area contributed by atoms with E-state index in [0.29, 0.717) is 24.7 Å². The average molecular weight is 334 g/mol. The van der Waals surface area contributed by atoms with E-state index in [1.54, 1.807) is 12.1 Å². The number of nitrogens with zero attached hydrogens (tertiary/aromatic N) is 1. The molecular weight excluding hydrogens is 312 g/mol. The van der Waals surface area contributed by atoms with Gasteiger partial charge in [0.05, 0.1) is 18.1 Å². The molecule has 2 aromatic carbocycles. The fourth-order valence-electron chi connectivity index (χ4n) is 2.97. The zero-order valence-electron chi connectivity index (χ0n) is 13.2. The number of rotatable bonds is 5. The molecule has 0 amide bonds. The first-order chi connectivity index (χ1) is 11.1. The van der Waals surface area contributed by atoms with E-state index in [9.17, 15) is 8.42 Å². The van der Waals surface area contributed by atoms with Crippen LogP contribution in [-0.4, -0.2) is 52.2 Å². The molecule has 1 saturated heterocycles. The molecule has 1 aliphatic heterocycles. The van der Waals surface area contributed by atoms with Crippen LogP contribution in [0.2, 0.25) is 0 Å². The van der Waals surface area contributed by atoms with Gasteiger partial charge in [0.2, 0.25) is 10.0 Å². The summed E-state index contributed by atoms with van der Waals surface area (Å²) < 4.78 is 33.6. The Bertz CT molecular complexity index is 765. The van der Waals surface area contributed by atoms with Crippen molar-refractivity contribution in [1.82, 2.24) is 9.62 Å². The fraction of sp³-hybridized carbons (Fsp3) is 0.412. The molecule has 0 bridgehead atoms. The minimum absolute atomic E-state index is 0.155. The van der Waals surface area contributed by atoms with Crippen LogP contribution in [0.15, 0.2) is 47.4 Å². The van der Waals surface area contributed by atoms with Gasteiger partial charge < -0.3 is 4.74 Å². The molecule has 0 saturated carbocycles. The van der Waals surface area contributed by atoms with Crippen LogP contribution in [0.1, 0.15) is 6.92 Å². The normalized spacial score (nSPS) is 18.1. The summed E-state index contributed by atoms with van der Waals surface area (Å²) in [5.74, 6) is 0. The summed E-state index contributed by atoms with van der Waals surface area (Å²) in [5, 5.41) is 1.68. The largest absolute Gasteiger partial charge is 0.379 e. The molecule has 0 radical (unpaired) electrons. The van der Waals surface area contributed by atoms with E-state index in [1.807, 2.05) is 37.3 Å². The summed E-state index contributed by atoms with van der Waals surface area (Å²) >= 11 is 0. The van der Waals surface area contributed by atoms with E-state index >= 15 is 0 Å². The molecule has 1 unspecified atom stereocenters. The summed E-state index contributed by atoms with van der Waals surface area (Å²) in [6, 6.07) is 12.7. The summed E-state index contributed by atoms with van der Waals surface area (Å²) in [6.45, 7) is 5.71. The maximum atomic E-state index is 12.7. The number of fused-ring (bicyclic) bond motifs is 1. The van der Waals surface area contributed by atoms with Gasteiger partial charge in [-0.25, -0.2) is 13.1 Å². The van der Waals surface area contributed by atoms with Gasteiger partial charge in [0, 0.05) is 31.1 Å². The molecule has 2 aromatic rings. The van der Waals surface area contributed by atoms with E-state index in [-0.39, 0.29) is 6.04 Å². The van der Waals surface area contributed by atoms with Gasteiger partial charge in [-0.2, -0.15) is 0 Å². The Kier molecular flexibility index (Phi) is 4.96. The SMILES string of the molecule is CC(CN1CCOCC1)NS(=O)(=O)c1cccc2ccccc12. The van der Waals surface area contributed by atoms with E-state index in [2.05, 4.69) is 9.62 Å². The maximum Gasteiger partial charge on any atom is 0.241 e. The van der Waals surface area contributed by atoms with Crippen LogP contribution in [0.4, 0.5) is 0 Å².